The Hall–Kier alpha value is -0.0400. The van der Waals surface area contributed by atoms with Gasteiger partial charge >= 0.3 is 0 Å². The summed E-state index contributed by atoms with van der Waals surface area (Å²) in [4.78, 5) is 0. The molecule has 1 nitrogen and oxygen atoms in total. The monoisotopic (exact) mass is 126 g/mol. The van der Waals surface area contributed by atoms with Crippen molar-refractivity contribution in [3.63, 3.8) is 0 Å². The fraction of sp³-hybridized carbons (Fsp3) is 1.00. The lowest BCUT2D eigenvalue weighted by atomic mass is 9.95. The van der Waals surface area contributed by atoms with Gasteiger partial charge in [0, 0.05) is 12.6 Å². The minimum Gasteiger partial charge on any atom is -0.238 e. The van der Waals surface area contributed by atoms with Crippen molar-refractivity contribution in [3.8, 4) is 0 Å². The van der Waals surface area contributed by atoms with Crippen molar-refractivity contribution >= 4 is 0 Å². The summed E-state index contributed by atoms with van der Waals surface area (Å²) in [5, 5.41) is 4.53. The molecule has 1 rings (SSSR count). The molecule has 1 radical (unpaired) electrons. The number of nitrogens with zero attached hydrogens (tertiary/aromatic N) is 1. The van der Waals surface area contributed by atoms with E-state index >= 15 is 0 Å². The number of piperidine rings is 1. The van der Waals surface area contributed by atoms with Gasteiger partial charge in [0.15, 0.2) is 0 Å². The summed E-state index contributed by atoms with van der Waals surface area (Å²) in [6.07, 6.45) is 4.05. The second-order valence-corrected chi connectivity index (χ2v) is 3.21. The maximum atomic E-state index is 4.53. The molecule has 1 aliphatic heterocycles. The van der Waals surface area contributed by atoms with Crippen LogP contribution in [-0.2, 0) is 0 Å². The van der Waals surface area contributed by atoms with E-state index in [0.29, 0.717) is 6.04 Å². The number of rotatable bonds is 1. The predicted molar refractivity (Wildman–Crippen MR) is 39.5 cm³/mol. The van der Waals surface area contributed by atoms with Gasteiger partial charge in [-0.05, 0) is 18.8 Å². The van der Waals surface area contributed by atoms with Crippen LogP contribution in [0.2, 0.25) is 0 Å². The molecule has 0 aromatic carbocycles. The zero-order chi connectivity index (χ0) is 6.69. The molecule has 1 unspecified atom stereocenters. The SMILES string of the molecule is CC(C)C1CCCC[N]1. The predicted octanol–water partition coefficient (Wildman–Crippen LogP) is 1.80. The van der Waals surface area contributed by atoms with E-state index in [2.05, 4.69) is 19.2 Å². The van der Waals surface area contributed by atoms with E-state index in [-0.39, 0.29) is 0 Å². The molecule has 0 saturated carbocycles. The Morgan fingerprint density at radius 2 is 2.11 bits per heavy atom. The highest BCUT2D eigenvalue weighted by molar-refractivity contribution is 4.73. The lowest BCUT2D eigenvalue weighted by Gasteiger charge is -2.24. The third-order valence-electron chi connectivity index (χ3n) is 2.04. The molecule has 0 spiro atoms. The lowest BCUT2D eigenvalue weighted by Crippen LogP contribution is -2.31. The number of hydrogen-bond acceptors (Lipinski definition) is 0. The van der Waals surface area contributed by atoms with Crippen molar-refractivity contribution in [2.24, 2.45) is 5.92 Å². The highest BCUT2D eigenvalue weighted by Gasteiger charge is 2.16. The van der Waals surface area contributed by atoms with Crippen LogP contribution >= 0.6 is 0 Å². The quantitative estimate of drug-likeness (QED) is 0.508. The molecule has 1 fully saturated rings. The Morgan fingerprint density at radius 1 is 1.33 bits per heavy atom. The molecule has 1 heteroatoms. The first-order valence-electron chi connectivity index (χ1n) is 3.97. The summed E-state index contributed by atoms with van der Waals surface area (Å²) in [7, 11) is 0. The maximum absolute atomic E-state index is 4.53. The van der Waals surface area contributed by atoms with E-state index in [0.717, 1.165) is 12.5 Å². The van der Waals surface area contributed by atoms with Crippen LogP contribution in [0.15, 0.2) is 0 Å². The van der Waals surface area contributed by atoms with Crippen molar-refractivity contribution in [2.45, 2.75) is 39.2 Å². The first-order chi connectivity index (χ1) is 4.30. The second-order valence-electron chi connectivity index (χ2n) is 3.21. The van der Waals surface area contributed by atoms with Gasteiger partial charge in [0.2, 0.25) is 0 Å². The van der Waals surface area contributed by atoms with Crippen LogP contribution in [0.3, 0.4) is 0 Å². The Balaban J connectivity index is 2.23. The van der Waals surface area contributed by atoms with Gasteiger partial charge in [-0.2, -0.15) is 0 Å². The standard InChI is InChI=1S/C8H16N/c1-7(2)8-5-3-4-6-9-8/h7-8H,3-6H2,1-2H3. The molecule has 0 aromatic rings. The molecule has 1 heterocycles. The summed E-state index contributed by atoms with van der Waals surface area (Å²) in [5.41, 5.74) is 0. The maximum Gasteiger partial charge on any atom is 0.0269 e. The molecule has 1 aliphatic rings. The summed E-state index contributed by atoms with van der Waals surface area (Å²) < 4.78 is 0. The zero-order valence-electron chi connectivity index (χ0n) is 6.43. The smallest absolute Gasteiger partial charge is 0.0269 e. The van der Waals surface area contributed by atoms with Gasteiger partial charge in [0.1, 0.15) is 0 Å². The highest BCUT2D eigenvalue weighted by Crippen LogP contribution is 2.15. The third kappa shape index (κ3) is 1.98. The van der Waals surface area contributed by atoms with E-state index in [9.17, 15) is 0 Å². The summed E-state index contributed by atoms with van der Waals surface area (Å²) in [6.45, 7) is 5.64. The van der Waals surface area contributed by atoms with Crippen LogP contribution in [0.1, 0.15) is 33.1 Å². The minimum atomic E-state index is 0.679. The molecule has 0 amide bonds. The summed E-state index contributed by atoms with van der Waals surface area (Å²) in [5.74, 6) is 0.769. The first kappa shape index (κ1) is 7.07. The Kier molecular flexibility index (Phi) is 2.52. The van der Waals surface area contributed by atoms with Crippen molar-refractivity contribution in [1.29, 1.82) is 0 Å². The molecule has 9 heavy (non-hydrogen) atoms. The van der Waals surface area contributed by atoms with E-state index in [1.54, 1.807) is 0 Å². The molecule has 53 valence electrons. The van der Waals surface area contributed by atoms with Crippen LogP contribution in [0, 0.1) is 5.92 Å². The largest absolute Gasteiger partial charge is 0.238 e. The van der Waals surface area contributed by atoms with E-state index < -0.39 is 0 Å². The van der Waals surface area contributed by atoms with Gasteiger partial charge in [0.05, 0.1) is 0 Å². The van der Waals surface area contributed by atoms with Crippen LogP contribution in [0.4, 0.5) is 0 Å². The molecule has 0 bridgehead atoms. The van der Waals surface area contributed by atoms with Gasteiger partial charge in [0.25, 0.3) is 0 Å². The average molecular weight is 126 g/mol. The van der Waals surface area contributed by atoms with Crippen molar-refractivity contribution in [3.05, 3.63) is 0 Å². The average Bonchev–Trinajstić information content (AvgIpc) is 1.90. The first-order valence-corrected chi connectivity index (χ1v) is 3.97. The van der Waals surface area contributed by atoms with Gasteiger partial charge in [-0.3, -0.25) is 0 Å². The molecule has 1 saturated heterocycles. The fourth-order valence-corrected chi connectivity index (χ4v) is 1.36. The topological polar surface area (TPSA) is 14.1 Å². The molecule has 0 aromatic heterocycles. The molecule has 0 aliphatic carbocycles. The van der Waals surface area contributed by atoms with Gasteiger partial charge < -0.3 is 0 Å². The fourth-order valence-electron chi connectivity index (χ4n) is 1.36. The van der Waals surface area contributed by atoms with Gasteiger partial charge in [-0.1, -0.05) is 20.3 Å². The van der Waals surface area contributed by atoms with Crippen molar-refractivity contribution in [2.75, 3.05) is 6.54 Å². The molecule has 0 N–H and O–H groups in total. The molecular weight excluding hydrogens is 110 g/mol. The second kappa shape index (κ2) is 3.21. The van der Waals surface area contributed by atoms with Crippen LogP contribution < -0.4 is 5.32 Å². The lowest BCUT2D eigenvalue weighted by molar-refractivity contribution is 0.319. The van der Waals surface area contributed by atoms with E-state index in [1.165, 1.54) is 19.3 Å². The summed E-state index contributed by atoms with van der Waals surface area (Å²) in [6, 6.07) is 0.679. The van der Waals surface area contributed by atoms with Crippen LogP contribution in [0.5, 0.6) is 0 Å². The minimum absolute atomic E-state index is 0.679. The van der Waals surface area contributed by atoms with E-state index in [4.69, 9.17) is 0 Å². The van der Waals surface area contributed by atoms with Gasteiger partial charge in [-0.25, -0.2) is 5.32 Å². The Morgan fingerprint density at radius 3 is 2.44 bits per heavy atom. The van der Waals surface area contributed by atoms with Crippen LogP contribution in [-0.4, -0.2) is 12.6 Å². The normalized spacial score (nSPS) is 29.0. The zero-order valence-corrected chi connectivity index (χ0v) is 6.43. The van der Waals surface area contributed by atoms with Gasteiger partial charge in [-0.15, -0.1) is 0 Å². The van der Waals surface area contributed by atoms with E-state index in [1.807, 2.05) is 0 Å². The Labute approximate surface area is 57.8 Å². The van der Waals surface area contributed by atoms with Crippen molar-refractivity contribution in [1.82, 2.24) is 5.32 Å². The Bertz CT molecular complexity index is 72.6. The number of hydrogen-bond donors (Lipinski definition) is 0. The molecular formula is C8H16N. The summed E-state index contributed by atoms with van der Waals surface area (Å²) >= 11 is 0. The third-order valence-corrected chi connectivity index (χ3v) is 2.04. The highest BCUT2D eigenvalue weighted by atomic mass is 14.9. The molecule has 1 atom stereocenters. The van der Waals surface area contributed by atoms with Crippen LogP contribution in [0.25, 0.3) is 0 Å². The van der Waals surface area contributed by atoms with Crippen molar-refractivity contribution < 1.29 is 0 Å².